The predicted octanol–water partition coefficient (Wildman–Crippen LogP) is 4.19. The van der Waals surface area contributed by atoms with Gasteiger partial charge in [0.1, 0.15) is 11.6 Å². The molecule has 2 aromatic heterocycles. The average molecular weight is 430 g/mol. The molecule has 162 valence electrons. The second kappa shape index (κ2) is 8.30. The minimum absolute atomic E-state index is 0.0244. The SMILES string of the molecule is Cc1cc(N=Cc2c(O)[nH]c3cc(F)ccc23)ccc1N1CCN(c2cnccn2)CC1. The van der Waals surface area contributed by atoms with E-state index in [1.54, 1.807) is 30.9 Å². The van der Waals surface area contributed by atoms with Gasteiger partial charge in [0.25, 0.3) is 0 Å². The van der Waals surface area contributed by atoms with E-state index in [4.69, 9.17) is 0 Å². The highest BCUT2D eigenvalue weighted by Crippen LogP contribution is 2.29. The molecule has 7 nitrogen and oxygen atoms in total. The van der Waals surface area contributed by atoms with E-state index >= 15 is 0 Å². The number of nitrogens with one attached hydrogen (secondary N) is 1. The van der Waals surface area contributed by atoms with Crippen molar-refractivity contribution >= 4 is 34.3 Å². The molecule has 0 unspecified atom stereocenters. The second-order valence-corrected chi connectivity index (χ2v) is 7.84. The zero-order chi connectivity index (χ0) is 22.1. The fraction of sp³-hybridized carbons (Fsp3) is 0.208. The number of aromatic nitrogens is 3. The summed E-state index contributed by atoms with van der Waals surface area (Å²) in [5.41, 5.74) is 4.20. The topological polar surface area (TPSA) is 80.6 Å². The molecule has 1 fully saturated rings. The van der Waals surface area contributed by atoms with Crippen LogP contribution in [0.1, 0.15) is 11.1 Å². The Morgan fingerprint density at radius 2 is 1.88 bits per heavy atom. The van der Waals surface area contributed by atoms with Crippen LogP contribution in [0.2, 0.25) is 0 Å². The normalized spacial score (nSPS) is 14.6. The number of halogens is 1. The molecule has 0 aliphatic carbocycles. The van der Waals surface area contributed by atoms with E-state index in [0.717, 1.165) is 48.6 Å². The number of piperazine rings is 1. The van der Waals surface area contributed by atoms with Crippen molar-refractivity contribution in [3.8, 4) is 5.88 Å². The summed E-state index contributed by atoms with van der Waals surface area (Å²) in [4.78, 5) is 20.5. The molecule has 1 aliphatic rings. The van der Waals surface area contributed by atoms with E-state index in [-0.39, 0.29) is 11.7 Å². The fourth-order valence-electron chi connectivity index (χ4n) is 4.15. The van der Waals surface area contributed by atoms with Gasteiger partial charge in [-0.15, -0.1) is 0 Å². The molecular weight excluding hydrogens is 407 g/mol. The minimum atomic E-state index is -0.356. The third-order valence-electron chi connectivity index (χ3n) is 5.80. The van der Waals surface area contributed by atoms with Crippen LogP contribution in [0, 0.1) is 12.7 Å². The maximum atomic E-state index is 13.4. The molecule has 0 amide bonds. The Hall–Kier alpha value is -3.94. The Morgan fingerprint density at radius 1 is 1.06 bits per heavy atom. The number of rotatable bonds is 4. The van der Waals surface area contributed by atoms with Crippen LogP contribution >= 0.6 is 0 Å². The average Bonchev–Trinajstić information content (AvgIpc) is 3.12. The Labute approximate surface area is 184 Å². The number of hydrogen-bond donors (Lipinski definition) is 2. The first-order valence-electron chi connectivity index (χ1n) is 10.5. The molecule has 0 bridgehead atoms. The van der Waals surface area contributed by atoms with Gasteiger partial charge < -0.3 is 19.9 Å². The molecule has 32 heavy (non-hydrogen) atoms. The van der Waals surface area contributed by atoms with Crippen LogP contribution in [0.3, 0.4) is 0 Å². The van der Waals surface area contributed by atoms with E-state index in [1.165, 1.54) is 17.8 Å². The summed E-state index contributed by atoms with van der Waals surface area (Å²) >= 11 is 0. The molecule has 3 heterocycles. The molecule has 0 saturated carbocycles. The lowest BCUT2D eigenvalue weighted by Crippen LogP contribution is -2.47. The number of benzene rings is 2. The third kappa shape index (κ3) is 3.87. The number of fused-ring (bicyclic) bond motifs is 1. The monoisotopic (exact) mass is 430 g/mol. The molecule has 0 spiro atoms. The predicted molar refractivity (Wildman–Crippen MR) is 125 cm³/mol. The van der Waals surface area contributed by atoms with Crippen LogP contribution in [0.25, 0.3) is 10.9 Å². The van der Waals surface area contributed by atoms with E-state index in [2.05, 4.69) is 42.7 Å². The zero-order valence-corrected chi connectivity index (χ0v) is 17.7. The smallest absolute Gasteiger partial charge is 0.198 e. The summed E-state index contributed by atoms with van der Waals surface area (Å²) < 4.78 is 13.4. The molecule has 4 aromatic rings. The van der Waals surface area contributed by atoms with Crippen LogP contribution in [0.15, 0.2) is 60.0 Å². The number of aryl methyl sites for hydroxylation is 1. The number of aliphatic imine (C=N–C) groups is 1. The van der Waals surface area contributed by atoms with Gasteiger partial charge in [-0.1, -0.05) is 0 Å². The highest BCUT2D eigenvalue weighted by Gasteiger charge is 2.19. The van der Waals surface area contributed by atoms with E-state index in [1.807, 2.05) is 12.1 Å². The number of aromatic hydroxyl groups is 1. The van der Waals surface area contributed by atoms with Gasteiger partial charge in [0.2, 0.25) is 0 Å². The van der Waals surface area contributed by atoms with Gasteiger partial charge in [-0.25, -0.2) is 9.37 Å². The first kappa shape index (κ1) is 20.0. The second-order valence-electron chi connectivity index (χ2n) is 7.84. The maximum Gasteiger partial charge on any atom is 0.198 e. The van der Waals surface area contributed by atoms with Crippen LogP contribution < -0.4 is 9.80 Å². The van der Waals surface area contributed by atoms with Crippen LogP contribution in [-0.2, 0) is 0 Å². The lowest BCUT2D eigenvalue weighted by molar-refractivity contribution is 0.457. The van der Waals surface area contributed by atoms with E-state index < -0.39 is 0 Å². The van der Waals surface area contributed by atoms with Crippen LogP contribution in [-0.4, -0.2) is 52.5 Å². The molecule has 2 aromatic carbocycles. The van der Waals surface area contributed by atoms with Gasteiger partial charge in [-0.2, -0.15) is 0 Å². The van der Waals surface area contributed by atoms with Gasteiger partial charge in [0, 0.05) is 55.9 Å². The molecule has 1 saturated heterocycles. The summed E-state index contributed by atoms with van der Waals surface area (Å²) in [6, 6.07) is 10.5. The molecule has 1 aliphatic heterocycles. The quantitative estimate of drug-likeness (QED) is 0.475. The number of H-pyrrole nitrogens is 1. The maximum absolute atomic E-state index is 13.4. The van der Waals surface area contributed by atoms with Crippen molar-refractivity contribution in [3.05, 3.63) is 71.9 Å². The van der Waals surface area contributed by atoms with Gasteiger partial charge in [-0.3, -0.25) is 9.98 Å². The van der Waals surface area contributed by atoms with Crippen molar-refractivity contribution in [3.63, 3.8) is 0 Å². The molecule has 0 radical (unpaired) electrons. The Bertz CT molecular complexity index is 1280. The van der Waals surface area contributed by atoms with Crippen molar-refractivity contribution in [2.45, 2.75) is 6.92 Å². The van der Waals surface area contributed by atoms with Gasteiger partial charge in [0.05, 0.1) is 23.0 Å². The van der Waals surface area contributed by atoms with Crippen LogP contribution in [0.5, 0.6) is 5.88 Å². The summed E-state index contributed by atoms with van der Waals surface area (Å²) in [5.74, 6) is 0.534. The standard InChI is InChI=1S/C24H23FN6O/c1-16-12-18(28-14-20-19-4-2-17(25)13-21(19)29-24(20)32)3-5-22(16)30-8-10-31(11-9-30)23-15-26-6-7-27-23/h2-7,12-15,29,32H,8-11H2,1H3. The minimum Gasteiger partial charge on any atom is -0.494 e. The Balaban J connectivity index is 1.31. The Kier molecular flexibility index (Phi) is 5.18. The molecule has 2 N–H and O–H groups in total. The first-order valence-corrected chi connectivity index (χ1v) is 10.5. The highest BCUT2D eigenvalue weighted by atomic mass is 19.1. The van der Waals surface area contributed by atoms with Gasteiger partial charge in [-0.05, 0) is 48.9 Å². The molecule has 0 atom stereocenters. The summed E-state index contributed by atoms with van der Waals surface area (Å²) in [5, 5.41) is 10.9. The largest absolute Gasteiger partial charge is 0.494 e. The van der Waals surface area contributed by atoms with Crippen molar-refractivity contribution in [1.82, 2.24) is 15.0 Å². The van der Waals surface area contributed by atoms with Crippen LogP contribution in [0.4, 0.5) is 21.6 Å². The number of hydrogen-bond acceptors (Lipinski definition) is 6. The van der Waals surface area contributed by atoms with Gasteiger partial charge in [0.15, 0.2) is 5.88 Å². The number of nitrogens with zero attached hydrogens (tertiary/aromatic N) is 5. The highest BCUT2D eigenvalue weighted by molar-refractivity contribution is 6.02. The summed E-state index contributed by atoms with van der Waals surface area (Å²) in [6.07, 6.45) is 6.82. The van der Waals surface area contributed by atoms with Gasteiger partial charge >= 0.3 is 0 Å². The zero-order valence-electron chi connectivity index (χ0n) is 17.7. The van der Waals surface area contributed by atoms with Crippen molar-refractivity contribution in [2.75, 3.05) is 36.0 Å². The Morgan fingerprint density at radius 3 is 2.62 bits per heavy atom. The fourth-order valence-corrected chi connectivity index (χ4v) is 4.15. The number of aromatic amines is 1. The molecule has 5 rings (SSSR count). The molecular formula is C24H23FN6O. The lowest BCUT2D eigenvalue weighted by Gasteiger charge is -2.37. The first-order chi connectivity index (χ1) is 15.6. The third-order valence-corrected chi connectivity index (χ3v) is 5.80. The summed E-state index contributed by atoms with van der Waals surface area (Å²) in [6.45, 7) is 5.66. The van der Waals surface area contributed by atoms with Crippen molar-refractivity contribution in [1.29, 1.82) is 0 Å². The number of anilines is 2. The van der Waals surface area contributed by atoms with E-state index in [9.17, 15) is 9.50 Å². The van der Waals surface area contributed by atoms with E-state index in [0.29, 0.717) is 11.1 Å². The van der Waals surface area contributed by atoms with Crippen molar-refractivity contribution in [2.24, 2.45) is 4.99 Å². The van der Waals surface area contributed by atoms with Crippen molar-refractivity contribution < 1.29 is 9.50 Å². The molecule has 8 heteroatoms. The lowest BCUT2D eigenvalue weighted by atomic mass is 10.1. The summed E-state index contributed by atoms with van der Waals surface area (Å²) in [7, 11) is 0.